The van der Waals surface area contributed by atoms with Gasteiger partial charge in [0.1, 0.15) is 0 Å². The molecule has 2 aromatic rings. The van der Waals surface area contributed by atoms with Crippen LogP contribution in [0.3, 0.4) is 0 Å². The molecule has 2 heterocycles. The molecule has 0 radical (unpaired) electrons. The summed E-state index contributed by atoms with van der Waals surface area (Å²) in [5.41, 5.74) is 2.01. The Morgan fingerprint density at radius 3 is 2.82 bits per heavy atom. The fourth-order valence-electron chi connectivity index (χ4n) is 1.24. The molecule has 86 valence electrons. The summed E-state index contributed by atoms with van der Waals surface area (Å²) in [6.07, 6.45) is 1.54. The fraction of sp³-hybridized carbons (Fsp3) is 0. The summed E-state index contributed by atoms with van der Waals surface area (Å²) >= 11 is 0. The highest BCUT2D eigenvalue weighted by atomic mass is 16.7. The highest BCUT2D eigenvalue weighted by Gasteiger charge is 2.07. The Hall–Kier alpha value is -2.77. The molecular weight excluding hydrogens is 226 g/mol. The zero-order chi connectivity index (χ0) is 12.3. The molecular formula is C9H7N5O3. The Morgan fingerprint density at radius 1 is 1.35 bits per heavy atom. The zero-order valence-electron chi connectivity index (χ0n) is 8.45. The van der Waals surface area contributed by atoms with Gasteiger partial charge < -0.3 is 0 Å². The van der Waals surface area contributed by atoms with Crippen molar-refractivity contribution in [3.8, 4) is 11.4 Å². The van der Waals surface area contributed by atoms with Crippen molar-refractivity contribution in [2.75, 3.05) is 5.43 Å². The van der Waals surface area contributed by atoms with Gasteiger partial charge in [-0.1, -0.05) is 11.5 Å². The number of aromatic nitrogens is 3. The van der Waals surface area contributed by atoms with Gasteiger partial charge in [-0.15, -0.1) is 0 Å². The Bertz CT molecular complexity index is 595. The monoisotopic (exact) mass is 233 g/mol. The van der Waals surface area contributed by atoms with Crippen molar-refractivity contribution in [3.05, 3.63) is 50.9 Å². The topological polar surface area (TPSA) is 114 Å². The Balaban J connectivity index is 2.45. The van der Waals surface area contributed by atoms with Gasteiger partial charge in [-0.05, 0) is 12.1 Å². The van der Waals surface area contributed by atoms with E-state index in [-0.39, 0.29) is 11.6 Å². The SMILES string of the molecule is O=c1cc(-c2ccccn2)nc(N[N+](=O)[O-])[nH]1. The summed E-state index contributed by atoms with van der Waals surface area (Å²) in [5.74, 6) is -0.233. The summed E-state index contributed by atoms with van der Waals surface area (Å²) in [6, 6.07) is 6.31. The first-order valence-corrected chi connectivity index (χ1v) is 4.59. The van der Waals surface area contributed by atoms with Crippen molar-refractivity contribution in [1.82, 2.24) is 15.0 Å². The van der Waals surface area contributed by atoms with Crippen molar-refractivity contribution < 1.29 is 5.03 Å². The van der Waals surface area contributed by atoms with E-state index in [1.54, 1.807) is 29.8 Å². The Kier molecular flexibility index (Phi) is 2.77. The van der Waals surface area contributed by atoms with Crippen LogP contribution in [-0.4, -0.2) is 20.0 Å². The third-order valence-electron chi connectivity index (χ3n) is 1.87. The van der Waals surface area contributed by atoms with E-state index < -0.39 is 10.6 Å². The van der Waals surface area contributed by atoms with Crippen LogP contribution < -0.4 is 11.0 Å². The maximum Gasteiger partial charge on any atom is 0.266 e. The molecule has 8 heteroatoms. The average molecular weight is 233 g/mol. The molecule has 17 heavy (non-hydrogen) atoms. The number of hydrogen-bond donors (Lipinski definition) is 2. The number of hydrazine groups is 1. The van der Waals surface area contributed by atoms with Crippen LogP contribution in [0.4, 0.5) is 5.95 Å². The van der Waals surface area contributed by atoms with E-state index in [9.17, 15) is 14.9 Å². The molecule has 0 fully saturated rings. The van der Waals surface area contributed by atoms with Crippen molar-refractivity contribution in [3.63, 3.8) is 0 Å². The quantitative estimate of drug-likeness (QED) is 0.587. The van der Waals surface area contributed by atoms with E-state index >= 15 is 0 Å². The number of nitrogens with zero attached hydrogens (tertiary/aromatic N) is 3. The molecule has 0 saturated heterocycles. The lowest BCUT2D eigenvalue weighted by molar-refractivity contribution is -0.446. The minimum Gasteiger partial charge on any atom is -0.288 e. The Labute approximate surface area is 94.5 Å². The van der Waals surface area contributed by atoms with Gasteiger partial charge in [0, 0.05) is 12.3 Å². The number of aromatic amines is 1. The minimum absolute atomic E-state index is 0.233. The number of H-pyrrole nitrogens is 1. The van der Waals surface area contributed by atoms with Crippen molar-refractivity contribution in [1.29, 1.82) is 0 Å². The van der Waals surface area contributed by atoms with Gasteiger partial charge in [0.2, 0.25) is 0 Å². The lowest BCUT2D eigenvalue weighted by Crippen LogP contribution is -2.16. The third-order valence-corrected chi connectivity index (χ3v) is 1.87. The highest BCUT2D eigenvalue weighted by molar-refractivity contribution is 5.54. The molecule has 0 saturated carbocycles. The first-order chi connectivity index (χ1) is 8.15. The molecule has 2 aromatic heterocycles. The van der Waals surface area contributed by atoms with E-state index in [2.05, 4.69) is 15.0 Å². The van der Waals surface area contributed by atoms with Crippen molar-refractivity contribution in [2.45, 2.75) is 0 Å². The van der Waals surface area contributed by atoms with Gasteiger partial charge >= 0.3 is 0 Å². The van der Waals surface area contributed by atoms with Crippen molar-refractivity contribution in [2.24, 2.45) is 0 Å². The van der Waals surface area contributed by atoms with Crippen LogP contribution in [0.2, 0.25) is 0 Å². The van der Waals surface area contributed by atoms with E-state index in [0.717, 1.165) is 0 Å². The van der Waals surface area contributed by atoms with Crippen molar-refractivity contribution >= 4 is 5.95 Å². The second-order valence-corrected chi connectivity index (χ2v) is 3.06. The molecule has 0 bridgehead atoms. The van der Waals surface area contributed by atoms with Gasteiger partial charge in [-0.25, -0.2) is 15.1 Å². The zero-order valence-corrected chi connectivity index (χ0v) is 8.45. The van der Waals surface area contributed by atoms with Gasteiger partial charge in [-0.3, -0.25) is 14.8 Å². The molecule has 0 unspecified atom stereocenters. The predicted octanol–water partition coefficient (Wildman–Crippen LogP) is 0.435. The number of nitro groups is 1. The van der Waals surface area contributed by atoms with Gasteiger partial charge in [-0.2, -0.15) is 0 Å². The molecule has 0 aliphatic rings. The maximum atomic E-state index is 11.3. The molecule has 0 amide bonds. The summed E-state index contributed by atoms with van der Waals surface area (Å²) in [5, 5.41) is 9.44. The van der Waals surface area contributed by atoms with Crippen LogP contribution in [0.1, 0.15) is 0 Å². The molecule has 0 aliphatic carbocycles. The predicted molar refractivity (Wildman–Crippen MR) is 58.7 cm³/mol. The molecule has 2 rings (SSSR count). The van der Waals surface area contributed by atoms with Crippen LogP contribution in [0.25, 0.3) is 11.4 Å². The average Bonchev–Trinajstić information content (AvgIpc) is 2.28. The van der Waals surface area contributed by atoms with Crippen LogP contribution in [0.5, 0.6) is 0 Å². The van der Waals surface area contributed by atoms with Gasteiger partial charge in [0.05, 0.1) is 11.4 Å². The van der Waals surface area contributed by atoms with E-state index in [0.29, 0.717) is 5.69 Å². The lowest BCUT2D eigenvalue weighted by Gasteiger charge is -2.00. The first kappa shape index (κ1) is 10.7. The highest BCUT2D eigenvalue weighted by Crippen LogP contribution is 2.12. The smallest absolute Gasteiger partial charge is 0.266 e. The molecule has 2 N–H and O–H groups in total. The molecule has 8 nitrogen and oxygen atoms in total. The summed E-state index contributed by atoms with van der Waals surface area (Å²) < 4.78 is 0. The van der Waals surface area contributed by atoms with Crippen LogP contribution in [0, 0.1) is 10.1 Å². The van der Waals surface area contributed by atoms with Gasteiger partial charge in [0.15, 0.2) is 5.03 Å². The van der Waals surface area contributed by atoms with E-state index in [1.807, 2.05) is 0 Å². The number of anilines is 1. The summed E-state index contributed by atoms with van der Waals surface area (Å²) in [4.78, 5) is 31.6. The molecule has 0 spiro atoms. The van der Waals surface area contributed by atoms with Crippen LogP contribution >= 0.6 is 0 Å². The summed E-state index contributed by atoms with van der Waals surface area (Å²) in [7, 11) is 0. The fourth-order valence-corrected chi connectivity index (χ4v) is 1.24. The third kappa shape index (κ3) is 2.62. The first-order valence-electron chi connectivity index (χ1n) is 4.59. The number of hydrogen-bond acceptors (Lipinski definition) is 5. The van der Waals surface area contributed by atoms with Crippen LogP contribution in [0.15, 0.2) is 35.3 Å². The molecule has 0 atom stereocenters. The summed E-state index contributed by atoms with van der Waals surface area (Å²) in [6.45, 7) is 0. The maximum absolute atomic E-state index is 11.3. The number of nitrogens with one attached hydrogen (secondary N) is 2. The molecule has 0 aliphatic heterocycles. The standard InChI is InChI=1S/C9H7N5O3/c15-8-5-7(6-3-1-2-4-10-6)11-9(12-8)13-14(16)17/h1-5H,(H2,11,12,13,15). The second kappa shape index (κ2) is 4.39. The van der Waals surface area contributed by atoms with Crippen LogP contribution in [-0.2, 0) is 0 Å². The Morgan fingerprint density at radius 2 is 2.18 bits per heavy atom. The minimum atomic E-state index is -0.805. The van der Waals surface area contributed by atoms with E-state index in [4.69, 9.17) is 0 Å². The second-order valence-electron chi connectivity index (χ2n) is 3.06. The van der Waals surface area contributed by atoms with Gasteiger partial charge in [0.25, 0.3) is 11.5 Å². The normalized spacial score (nSPS) is 9.88. The number of rotatable bonds is 3. The molecule has 0 aromatic carbocycles. The number of pyridine rings is 1. The largest absolute Gasteiger partial charge is 0.288 e. The lowest BCUT2D eigenvalue weighted by atomic mass is 10.2. The van der Waals surface area contributed by atoms with E-state index in [1.165, 1.54) is 6.07 Å².